The molecule has 2 N–H and O–H groups in total. The number of hydrogen-bond donors (Lipinski definition) is 2. The first kappa shape index (κ1) is 18.0. The van der Waals surface area contributed by atoms with Crippen LogP contribution in [-0.4, -0.2) is 30.9 Å². The number of rotatable bonds is 5. The van der Waals surface area contributed by atoms with Crippen LogP contribution in [0.2, 0.25) is 0 Å². The maximum atomic E-state index is 12.6. The molecule has 0 radical (unpaired) electrons. The number of aryl methyl sites for hydroxylation is 1. The molecule has 1 heterocycles. The molecule has 2 aromatic carbocycles. The Morgan fingerprint density at radius 2 is 1.96 bits per heavy atom. The van der Waals surface area contributed by atoms with E-state index in [2.05, 4.69) is 34.6 Å². The third kappa shape index (κ3) is 4.04. The van der Waals surface area contributed by atoms with Crippen molar-refractivity contribution in [2.75, 3.05) is 23.3 Å². The molecular weight excluding hydrogens is 326 g/mol. The SMILES string of the molecule is CCNC(=O)c1cccc(NC(=O)CN2c3ccccc3CC[C@@H]2C)c1. The second-order valence-corrected chi connectivity index (χ2v) is 6.63. The third-order valence-electron chi connectivity index (χ3n) is 4.72. The summed E-state index contributed by atoms with van der Waals surface area (Å²) < 4.78 is 0. The molecule has 2 amide bonds. The topological polar surface area (TPSA) is 61.4 Å². The number of carbonyl (C=O) groups is 2. The minimum Gasteiger partial charge on any atom is -0.359 e. The standard InChI is InChI=1S/C21H25N3O2/c1-3-22-21(26)17-8-6-9-18(13-17)23-20(25)14-24-15(2)11-12-16-7-4-5-10-19(16)24/h4-10,13,15H,3,11-12,14H2,1-2H3,(H,22,26)(H,23,25)/t15-/m0/s1. The highest BCUT2D eigenvalue weighted by Crippen LogP contribution is 2.30. The Balaban J connectivity index is 1.70. The summed E-state index contributed by atoms with van der Waals surface area (Å²) in [4.78, 5) is 26.7. The summed E-state index contributed by atoms with van der Waals surface area (Å²) in [6, 6.07) is 15.6. The van der Waals surface area contributed by atoms with Crippen LogP contribution in [0, 0.1) is 0 Å². The molecule has 1 aliphatic heterocycles. The Labute approximate surface area is 154 Å². The van der Waals surface area contributed by atoms with E-state index in [1.54, 1.807) is 24.3 Å². The van der Waals surface area contributed by atoms with Gasteiger partial charge in [-0.1, -0.05) is 24.3 Å². The molecule has 0 bridgehead atoms. The van der Waals surface area contributed by atoms with Crippen molar-refractivity contribution in [2.24, 2.45) is 0 Å². The zero-order valence-corrected chi connectivity index (χ0v) is 15.3. The molecule has 3 rings (SSSR count). The van der Waals surface area contributed by atoms with Gasteiger partial charge in [0.05, 0.1) is 6.54 Å². The van der Waals surface area contributed by atoms with Crippen molar-refractivity contribution in [1.29, 1.82) is 0 Å². The van der Waals surface area contributed by atoms with E-state index in [0.29, 0.717) is 30.4 Å². The minimum atomic E-state index is -0.137. The van der Waals surface area contributed by atoms with Crippen LogP contribution in [0.4, 0.5) is 11.4 Å². The number of nitrogens with zero attached hydrogens (tertiary/aromatic N) is 1. The van der Waals surface area contributed by atoms with Crippen molar-refractivity contribution in [1.82, 2.24) is 5.32 Å². The third-order valence-corrected chi connectivity index (χ3v) is 4.72. The number of hydrogen-bond acceptors (Lipinski definition) is 3. The molecule has 26 heavy (non-hydrogen) atoms. The molecule has 0 saturated carbocycles. The predicted octanol–water partition coefficient (Wildman–Crippen LogP) is 3.22. The molecule has 1 atom stereocenters. The van der Waals surface area contributed by atoms with Crippen LogP contribution in [0.1, 0.15) is 36.2 Å². The molecule has 0 spiro atoms. The zero-order chi connectivity index (χ0) is 18.5. The lowest BCUT2D eigenvalue weighted by Crippen LogP contribution is -2.42. The first-order chi connectivity index (χ1) is 12.6. The second-order valence-electron chi connectivity index (χ2n) is 6.63. The number of benzene rings is 2. The molecule has 2 aromatic rings. The average Bonchev–Trinajstić information content (AvgIpc) is 2.64. The van der Waals surface area contributed by atoms with Crippen LogP contribution < -0.4 is 15.5 Å². The van der Waals surface area contributed by atoms with Gasteiger partial charge in [0.2, 0.25) is 5.91 Å². The molecule has 5 nitrogen and oxygen atoms in total. The molecule has 1 aliphatic rings. The van der Waals surface area contributed by atoms with Gasteiger partial charge in [0.25, 0.3) is 5.91 Å². The summed E-state index contributed by atoms with van der Waals surface area (Å²) >= 11 is 0. The van der Waals surface area contributed by atoms with Crippen molar-refractivity contribution in [2.45, 2.75) is 32.7 Å². The Morgan fingerprint density at radius 1 is 1.15 bits per heavy atom. The van der Waals surface area contributed by atoms with Crippen LogP contribution in [0.25, 0.3) is 0 Å². The average molecular weight is 351 g/mol. The van der Waals surface area contributed by atoms with E-state index in [4.69, 9.17) is 0 Å². The Kier molecular flexibility index (Phi) is 5.56. The Morgan fingerprint density at radius 3 is 2.77 bits per heavy atom. The Hall–Kier alpha value is -2.82. The highest BCUT2D eigenvalue weighted by molar-refractivity contribution is 5.98. The number of anilines is 2. The van der Waals surface area contributed by atoms with Gasteiger partial charge >= 0.3 is 0 Å². The number of para-hydroxylation sites is 1. The molecule has 0 saturated heterocycles. The van der Waals surface area contributed by atoms with E-state index in [1.807, 2.05) is 19.1 Å². The second kappa shape index (κ2) is 8.04. The predicted molar refractivity (Wildman–Crippen MR) is 105 cm³/mol. The van der Waals surface area contributed by atoms with Gasteiger partial charge in [-0.05, 0) is 56.5 Å². The first-order valence-corrected chi connectivity index (χ1v) is 9.11. The monoisotopic (exact) mass is 351 g/mol. The zero-order valence-electron chi connectivity index (χ0n) is 15.3. The van der Waals surface area contributed by atoms with Gasteiger partial charge in [0.15, 0.2) is 0 Å². The van der Waals surface area contributed by atoms with Crippen molar-refractivity contribution < 1.29 is 9.59 Å². The number of carbonyl (C=O) groups excluding carboxylic acids is 2. The highest BCUT2D eigenvalue weighted by atomic mass is 16.2. The number of amides is 2. The van der Waals surface area contributed by atoms with Gasteiger partial charge in [0.1, 0.15) is 0 Å². The van der Waals surface area contributed by atoms with E-state index in [9.17, 15) is 9.59 Å². The van der Waals surface area contributed by atoms with E-state index >= 15 is 0 Å². The summed E-state index contributed by atoms with van der Waals surface area (Å²) in [7, 11) is 0. The van der Waals surface area contributed by atoms with E-state index in [0.717, 1.165) is 18.5 Å². The van der Waals surface area contributed by atoms with Gasteiger partial charge < -0.3 is 15.5 Å². The fourth-order valence-corrected chi connectivity index (χ4v) is 3.36. The van der Waals surface area contributed by atoms with Gasteiger partial charge in [-0.2, -0.15) is 0 Å². The van der Waals surface area contributed by atoms with E-state index in [-0.39, 0.29) is 11.8 Å². The summed E-state index contributed by atoms with van der Waals surface area (Å²) in [6.07, 6.45) is 2.08. The lowest BCUT2D eigenvalue weighted by Gasteiger charge is -2.36. The van der Waals surface area contributed by atoms with E-state index in [1.165, 1.54) is 5.56 Å². The number of nitrogens with one attached hydrogen (secondary N) is 2. The van der Waals surface area contributed by atoms with Crippen LogP contribution in [-0.2, 0) is 11.2 Å². The maximum Gasteiger partial charge on any atom is 0.251 e. The molecule has 0 unspecified atom stereocenters. The summed E-state index contributed by atoms with van der Waals surface area (Å²) in [5.74, 6) is -0.219. The molecule has 0 aliphatic carbocycles. The fourth-order valence-electron chi connectivity index (χ4n) is 3.36. The summed E-state index contributed by atoms with van der Waals surface area (Å²) in [6.45, 7) is 4.89. The lowest BCUT2D eigenvalue weighted by atomic mass is 9.96. The number of fused-ring (bicyclic) bond motifs is 1. The van der Waals surface area contributed by atoms with Crippen LogP contribution in [0.15, 0.2) is 48.5 Å². The minimum absolute atomic E-state index is 0.0818. The molecule has 0 aromatic heterocycles. The molecular formula is C21H25N3O2. The van der Waals surface area contributed by atoms with Crippen molar-refractivity contribution in [3.63, 3.8) is 0 Å². The fraction of sp³-hybridized carbons (Fsp3) is 0.333. The van der Waals surface area contributed by atoms with E-state index < -0.39 is 0 Å². The lowest BCUT2D eigenvalue weighted by molar-refractivity contribution is -0.115. The van der Waals surface area contributed by atoms with Gasteiger partial charge in [-0.3, -0.25) is 9.59 Å². The van der Waals surface area contributed by atoms with Gasteiger partial charge in [0, 0.05) is 29.5 Å². The maximum absolute atomic E-state index is 12.6. The smallest absolute Gasteiger partial charge is 0.251 e. The first-order valence-electron chi connectivity index (χ1n) is 9.11. The van der Waals surface area contributed by atoms with Crippen molar-refractivity contribution in [3.05, 3.63) is 59.7 Å². The molecule has 0 fully saturated rings. The quantitative estimate of drug-likeness (QED) is 0.869. The summed E-state index contributed by atoms with van der Waals surface area (Å²) in [5.41, 5.74) is 3.60. The molecule has 5 heteroatoms. The van der Waals surface area contributed by atoms with Gasteiger partial charge in [-0.15, -0.1) is 0 Å². The van der Waals surface area contributed by atoms with Crippen LogP contribution in [0.3, 0.4) is 0 Å². The largest absolute Gasteiger partial charge is 0.359 e. The van der Waals surface area contributed by atoms with Crippen molar-refractivity contribution in [3.8, 4) is 0 Å². The summed E-state index contributed by atoms with van der Waals surface area (Å²) in [5, 5.41) is 5.68. The van der Waals surface area contributed by atoms with Crippen LogP contribution >= 0.6 is 0 Å². The normalized spacial score (nSPS) is 15.9. The highest BCUT2D eigenvalue weighted by Gasteiger charge is 2.24. The van der Waals surface area contributed by atoms with Crippen LogP contribution in [0.5, 0.6) is 0 Å². The molecule has 136 valence electrons. The van der Waals surface area contributed by atoms with Crippen molar-refractivity contribution >= 4 is 23.2 Å². The Bertz CT molecular complexity index is 803. The van der Waals surface area contributed by atoms with Gasteiger partial charge in [-0.25, -0.2) is 0 Å².